The van der Waals surface area contributed by atoms with Gasteiger partial charge in [0.1, 0.15) is 0 Å². The zero-order chi connectivity index (χ0) is 18.5. The van der Waals surface area contributed by atoms with E-state index in [4.69, 9.17) is 20.7 Å². The molecule has 0 aliphatic heterocycles. The Hall–Kier alpha value is -2.95. The second-order valence-corrected chi connectivity index (χ2v) is 5.27. The van der Waals surface area contributed by atoms with Gasteiger partial charge in [-0.2, -0.15) is 0 Å². The van der Waals surface area contributed by atoms with Gasteiger partial charge in [0.25, 0.3) is 0 Å². The molecule has 0 saturated carbocycles. The van der Waals surface area contributed by atoms with Gasteiger partial charge < -0.3 is 30.8 Å². The molecule has 0 bridgehead atoms. The van der Waals surface area contributed by atoms with Crippen molar-refractivity contribution >= 4 is 23.9 Å². The summed E-state index contributed by atoms with van der Waals surface area (Å²) in [4.78, 5) is 51.4. The number of carboxylic acid groups (broad SMARTS) is 3. The van der Waals surface area contributed by atoms with Crippen molar-refractivity contribution in [2.75, 3.05) is 0 Å². The lowest BCUT2D eigenvalue weighted by atomic mass is 9.95. The molecule has 1 heterocycles. The third kappa shape index (κ3) is 5.05. The van der Waals surface area contributed by atoms with Crippen molar-refractivity contribution in [3.63, 3.8) is 0 Å². The van der Waals surface area contributed by atoms with Crippen LogP contribution in [0.1, 0.15) is 36.1 Å². The summed E-state index contributed by atoms with van der Waals surface area (Å²) in [6.07, 6.45) is -0.785. The summed E-state index contributed by atoms with van der Waals surface area (Å²) < 4.78 is 4.70. The minimum atomic E-state index is -2.75. The van der Waals surface area contributed by atoms with Gasteiger partial charge >= 0.3 is 23.9 Å². The van der Waals surface area contributed by atoms with E-state index in [0.717, 1.165) is 0 Å². The first kappa shape index (κ1) is 19.1. The van der Waals surface area contributed by atoms with Crippen LogP contribution in [0.25, 0.3) is 0 Å². The number of nitrogens with two attached hydrogens (primary N) is 1. The van der Waals surface area contributed by atoms with Crippen LogP contribution in [-0.2, 0) is 25.5 Å². The number of aromatic amines is 1. The molecule has 11 nitrogen and oxygen atoms in total. The van der Waals surface area contributed by atoms with Crippen LogP contribution in [0.4, 0.5) is 0 Å². The highest BCUT2D eigenvalue weighted by Crippen LogP contribution is 2.23. The molecule has 0 spiro atoms. The van der Waals surface area contributed by atoms with E-state index in [9.17, 15) is 24.3 Å². The number of nitrogens with one attached hydrogen (secondary N) is 1. The molecular formula is C13H17N3O8. The van der Waals surface area contributed by atoms with Crippen LogP contribution < -0.4 is 5.73 Å². The zero-order valence-electron chi connectivity index (χ0n) is 12.7. The number of rotatable bonds is 9. The van der Waals surface area contributed by atoms with E-state index in [1.54, 1.807) is 6.92 Å². The number of aliphatic carboxylic acids is 3. The third-order valence-electron chi connectivity index (χ3n) is 2.92. The predicted octanol–water partition coefficient (Wildman–Crippen LogP) is -0.771. The molecule has 0 amide bonds. The van der Waals surface area contributed by atoms with Gasteiger partial charge in [0.05, 0.1) is 12.8 Å². The number of carbonyl (C=O) groups is 4. The van der Waals surface area contributed by atoms with E-state index >= 15 is 0 Å². The maximum atomic E-state index is 12.0. The number of imidazole rings is 1. The standard InChI is InChI=1S/C13H17N3O8/c1-6(14)2-7-5-15-10(16-7)11(21)24-13(12(22)23,3-8(17)18)4-9(19)20/h5-6H,2-4,14H2,1H3,(H,15,16)(H,17,18)(H,19,20)(H,22,23)/t6-/m1/s1. The maximum absolute atomic E-state index is 12.0. The van der Waals surface area contributed by atoms with E-state index < -0.39 is 42.3 Å². The number of carboxylic acids is 3. The average Bonchev–Trinajstić information content (AvgIpc) is 2.84. The number of H-pyrrole nitrogens is 1. The SMILES string of the molecule is C[C@@H](N)Cc1cnc(C(=O)OC(CC(=O)O)(CC(=O)O)C(=O)O)[nH]1. The van der Waals surface area contributed by atoms with Crippen molar-refractivity contribution < 1.29 is 39.2 Å². The summed E-state index contributed by atoms with van der Waals surface area (Å²) in [5.41, 5.74) is 3.32. The highest BCUT2D eigenvalue weighted by atomic mass is 16.6. The molecule has 0 aliphatic rings. The van der Waals surface area contributed by atoms with Crippen molar-refractivity contribution in [2.45, 2.75) is 37.8 Å². The molecule has 0 unspecified atom stereocenters. The summed E-state index contributed by atoms with van der Waals surface area (Å²) in [6, 6.07) is -0.230. The zero-order valence-corrected chi connectivity index (χ0v) is 12.7. The second-order valence-electron chi connectivity index (χ2n) is 5.27. The van der Waals surface area contributed by atoms with Crippen molar-refractivity contribution in [1.82, 2.24) is 9.97 Å². The number of esters is 1. The highest BCUT2D eigenvalue weighted by molar-refractivity contribution is 5.93. The van der Waals surface area contributed by atoms with Gasteiger partial charge in [-0.15, -0.1) is 0 Å². The average molecular weight is 343 g/mol. The van der Waals surface area contributed by atoms with E-state index in [-0.39, 0.29) is 11.9 Å². The van der Waals surface area contributed by atoms with Gasteiger partial charge in [-0.1, -0.05) is 0 Å². The monoisotopic (exact) mass is 343 g/mol. The van der Waals surface area contributed by atoms with Crippen LogP contribution in [0.15, 0.2) is 6.20 Å². The van der Waals surface area contributed by atoms with E-state index in [0.29, 0.717) is 12.1 Å². The molecule has 11 heteroatoms. The van der Waals surface area contributed by atoms with Gasteiger partial charge in [0, 0.05) is 24.4 Å². The van der Waals surface area contributed by atoms with Gasteiger partial charge in [0.2, 0.25) is 11.4 Å². The molecule has 6 N–H and O–H groups in total. The van der Waals surface area contributed by atoms with Crippen molar-refractivity contribution in [3.05, 3.63) is 17.7 Å². The predicted molar refractivity (Wildman–Crippen MR) is 76.2 cm³/mol. The molecule has 0 aliphatic carbocycles. The minimum Gasteiger partial charge on any atom is -0.481 e. The van der Waals surface area contributed by atoms with E-state index in [2.05, 4.69) is 9.97 Å². The lowest BCUT2D eigenvalue weighted by molar-refractivity contribution is -0.171. The molecule has 1 aromatic heterocycles. The Morgan fingerprint density at radius 1 is 1.25 bits per heavy atom. The van der Waals surface area contributed by atoms with Crippen molar-refractivity contribution in [2.24, 2.45) is 5.73 Å². The van der Waals surface area contributed by atoms with Crippen LogP contribution in [0.5, 0.6) is 0 Å². The van der Waals surface area contributed by atoms with Crippen LogP contribution in [0.3, 0.4) is 0 Å². The third-order valence-corrected chi connectivity index (χ3v) is 2.92. The largest absolute Gasteiger partial charge is 0.481 e. The van der Waals surface area contributed by atoms with Crippen molar-refractivity contribution in [3.8, 4) is 0 Å². The number of carbonyl (C=O) groups excluding carboxylic acids is 1. The minimum absolute atomic E-state index is 0.230. The Balaban J connectivity index is 3.05. The van der Waals surface area contributed by atoms with Gasteiger partial charge in [-0.3, -0.25) is 9.59 Å². The summed E-state index contributed by atoms with van der Waals surface area (Å²) in [5.74, 6) is -6.82. The molecule has 24 heavy (non-hydrogen) atoms. The number of nitrogens with zero attached hydrogens (tertiary/aromatic N) is 1. The summed E-state index contributed by atoms with van der Waals surface area (Å²) in [5, 5.41) is 26.8. The van der Waals surface area contributed by atoms with Crippen LogP contribution in [0.2, 0.25) is 0 Å². The Morgan fingerprint density at radius 3 is 2.21 bits per heavy atom. The van der Waals surface area contributed by atoms with Crippen molar-refractivity contribution in [1.29, 1.82) is 0 Å². The second kappa shape index (κ2) is 7.55. The molecular weight excluding hydrogens is 326 g/mol. The highest BCUT2D eigenvalue weighted by Gasteiger charge is 2.47. The molecule has 0 saturated heterocycles. The fraction of sp³-hybridized carbons (Fsp3) is 0.462. The summed E-state index contributed by atoms with van der Waals surface area (Å²) >= 11 is 0. The number of ether oxygens (including phenoxy) is 1. The molecule has 0 aromatic carbocycles. The number of hydrogen-bond donors (Lipinski definition) is 5. The first-order valence-corrected chi connectivity index (χ1v) is 6.75. The molecule has 1 rings (SSSR count). The maximum Gasteiger partial charge on any atom is 0.375 e. The molecule has 132 valence electrons. The fourth-order valence-corrected chi connectivity index (χ4v) is 1.96. The first-order valence-electron chi connectivity index (χ1n) is 6.75. The Bertz CT molecular complexity index is 635. The van der Waals surface area contributed by atoms with Gasteiger partial charge in [-0.25, -0.2) is 14.6 Å². The molecule has 0 fully saturated rings. The van der Waals surface area contributed by atoms with E-state index in [1.807, 2.05) is 0 Å². The number of aromatic nitrogens is 2. The molecule has 1 aromatic rings. The van der Waals surface area contributed by atoms with Crippen LogP contribution in [-0.4, -0.2) is 60.8 Å². The Kier molecular flexibility index (Phi) is 6.01. The summed E-state index contributed by atoms with van der Waals surface area (Å²) in [6.45, 7) is 1.72. The lowest BCUT2D eigenvalue weighted by Gasteiger charge is -2.25. The van der Waals surface area contributed by atoms with Gasteiger partial charge in [0.15, 0.2) is 0 Å². The smallest absolute Gasteiger partial charge is 0.375 e. The number of hydrogen-bond acceptors (Lipinski definition) is 7. The molecule has 0 radical (unpaired) electrons. The lowest BCUT2D eigenvalue weighted by Crippen LogP contribution is -2.47. The van der Waals surface area contributed by atoms with E-state index in [1.165, 1.54) is 6.20 Å². The fourth-order valence-electron chi connectivity index (χ4n) is 1.96. The molecule has 1 atom stereocenters. The topological polar surface area (TPSA) is 193 Å². The Morgan fingerprint density at radius 2 is 1.79 bits per heavy atom. The Labute approximate surface area is 135 Å². The summed E-state index contributed by atoms with van der Waals surface area (Å²) in [7, 11) is 0. The normalized spacial score (nSPS) is 12.4. The van der Waals surface area contributed by atoms with Crippen LogP contribution >= 0.6 is 0 Å². The van der Waals surface area contributed by atoms with Crippen LogP contribution in [0, 0.1) is 0 Å². The van der Waals surface area contributed by atoms with Gasteiger partial charge in [-0.05, 0) is 6.92 Å². The quantitative estimate of drug-likeness (QED) is 0.355. The first-order chi connectivity index (χ1) is 11.1.